The molecule has 1 heterocycles. The fraction of sp³-hybridized carbons (Fsp3) is 0.450. The number of anilines is 1. The number of hydrogen-bond acceptors (Lipinski definition) is 5. The number of aromatic carboxylic acids is 1. The number of nitrogens with zero attached hydrogens (tertiary/aromatic N) is 2. The molecule has 0 aliphatic rings. The standard InChI is InChI=1S/C20H27FN4O3/c1-4-5-6-9-25(3)17-8-7-15(21)10-14(17)11-22-13(2)18-23-12-16(20(27)28)19(26)24-18/h7-8,10,12-13,22H,4-6,9,11H2,1-3H3,(H,27,28)(H,23,24,26). The van der Waals surface area contributed by atoms with E-state index in [1.54, 1.807) is 13.0 Å². The largest absolute Gasteiger partial charge is 0.477 e. The van der Waals surface area contributed by atoms with Crippen LogP contribution in [0, 0.1) is 5.82 Å². The van der Waals surface area contributed by atoms with Crippen LogP contribution in [0.25, 0.3) is 0 Å². The van der Waals surface area contributed by atoms with Crippen LogP contribution in [0.1, 0.15) is 60.9 Å². The second-order valence-corrected chi connectivity index (χ2v) is 6.82. The first-order valence-electron chi connectivity index (χ1n) is 9.39. The number of aromatic amines is 1. The SMILES string of the molecule is CCCCCN(C)c1ccc(F)cc1CNC(C)c1ncc(C(=O)O)c(=O)[nH]1. The third-order valence-electron chi connectivity index (χ3n) is 4.61. The first kappa shape index (κ1) is 21.6. The van der Waals surface area contributed by atoms with Gasteiger partial charge in [0.1, 0.15) is 17.2 Å². The van der Waals surface area contributed by atoms with Gasteiger partial charge in [0, 0.05) is 32.0 Å². The molecule has 0 aliphatic heterocycles. The number of carboxylic acid groups (broad SMARTS) is 1. The summed E-state index contributed by atoms with van der Waals surface area (Å²) in [7, 11) is 1.99. The number of H-pyrrole nitrogens is 1. The molecule has 28 heavy (non-hydrogen) atoms. The van der Waals surface area contributed by atoms with Crippen molar-refractivity contribution in [3.05, 3.63) is 57.5 Å². The minimum Gasteiger partial charge on any atom is -0.477 e. The molecule has 0 amide bonds. The first-order chi connectivity index (χ1) is 13.3. The summed E-state index contributed by atoms with van der Waals surface area (Å²) in [4.78, 5) is 31.3. The van der Waals surface area contributed by atoms with E-state index in [-0.39, 0.29) is 11.9 Å². The van der Waals surface area contributed by atoms with Gasteiger partial charge >= 0.3 is 5.97 Å². The second kappa shape index (κ2) is 9.98. The summed E-state index contributed by atoms with van der Waals surface area (Å²) in [6.07, 6.45) is 4.38. The summed E-state index contributed by atoms with van der Waals surface area (Å²) >= 11 is 0. The average Bonchev–Trinajstić information content (AvgIpc) is 2.65. The van der Waals surface area contributed by atoms with Crippen molar-refractivity contribution in [3.8, 4) is 0 Å². The normalized spacial score (nSPS) is 12.0. The molecule has 0 aliphatic carbocycles. The van der Waals surface area contributed by atoms with Crippen molar-refractivity contribution in [1.29, 1.82) is 0 Å². The average molecular weight is 390 g/mol. The fourth-order valence-electron chi connectivity index (χ4n) is 2.93. The van der Waals surface area contributed by atoms with Gasteiger partial charge in [-0.15, -0.1) is 0 Å². The van der Waals surface area contributed by atoms with Gasteiger partial charge in [-0.1, -0.05) is 19.8 Å². The fourth-order valence-corrected chi connectivity index (χ4v) is 2.93. The molecule has 152 valence electrons. The van der Waals surface area contributed by atoms with E-state index < -0.39 is 17.1 Å². The molecule has 1 unspecified atom stereocenters. The van der Waals surface area contributed by atoms with E-state index in [9.17, 15) is 14.0 Å². The van der Waals surface area contributed by atoms with Crippen molar-refractivity contribution in [3.63, 3.8) is 0 Å². The summed E-state index contributed by atoms with van der Waals surface area (Å²) in [6, 6.07) is 4.36. The number of carboxylic acids is 1. The van der Waals surface area contributed by atoms with Crippen molar-refractivity contribution < 1.29 is 14.3 Å². The Balaban J connectivity index is 2.11. The molecule has 1 atom stereocenters. The quantitative estimate of drug-likeness (QED) is 0.539. The van der Waals surface area contributed by atoms with E-state index in [1.807, 2.05) is 7.05 Å². The Morgan fingerprint density at radius 3 is 2.79 bits per heavy atom. The number of rotatable bonds is 10. The molecule has 2 rings (SSSR count). The lowest BCUT2D eigenvalue weighted by Gasteiger charge is -2.23. The van der Waals surface area contributed by atoms with Gasteiger partial charge in [0.05, 0.1) is 6.04 Å². The molecule has 8 heteroatoms. The maximum absolute atomic E-state index is 13.8. The van der Waals surface area contributed by atoms with Gasteiger partial charge in [0.15, 0.2) is 0 Å². The zero-order chi connectivity index (χ0) is 20.7. The monoisotopic (exact) mass is 390 g/mol. The number of unbranched alkanes of at least 4 members (excludes halogenated alkanes) is 2. The Hall–Kier alpha value is -2.74. The molecule has 0 radical (unpaired) electrons. The number of aromatic nitrogens is 2. The van der Waals surface area contributed by atoms with E-state index in [0.29, 0.717) is 12.4 Å². The van der Waals surface area contributed by atoms with Gasteiger partial charge in [-0.2, -0.15) is 0 Å². The molecule has 1 aromatic carbocycles. The molecular formula is C20H27FN4O3. The molecule has 7 nitrogen and oxygen atoms in total. The van der Waals surface area contributed by atoms with Crippen molar-refractivity contribution in [1.82, 2.24) is 15.3 Å². The summed E-state index contributed by atoms with van der Waals surface area (Å²) in [5.74, 6) is -1.31. The molecule has 0 saturated carbocycles. The first-order valence-corrected chi connectivity index (χ1v) is 9.39. The number of hydrogen-bond donors (Lipinski definition) is 3. The van der Waals surface area contributed by atoms with Crippen LogP contribution in [0.15, 0.2) is 29.2 Å². The minimum atomic E-state index is -1.32. The molecule has 0 fully saturated rings. The minimum absolute atomic E-state index is 0.312. The van der Waals surface area contributed by atoms with Crippen LogP contribution in [-0.2, 0) is 6.54 Å². The highest BCUT2D eigenvalue weighted by molar-refractivity contribution is 5.86. The third kappa shape index (κ3) is 5.63. The van der Waals surface area contributed by atoms with Crippen LogP contribution in [0.4, 0.5) is 10.1 Å². The van der Waals surface area contributed by atoms with Gasteiger partial charge in [-0.3, -0.25) is 4.79 Å². The van der Waals surface area contributed by atoms with E-state index >= 15 is 0 Å². The van der Waals surface area contributed by atoms with Gasteiger partial charge in [-0.25, -0.2) is 14.2 Å². The summed E-state index contributed by atoms with van der Waals surface area (Å²) in [5, 5.41) is 12.1. The van der Waals surface area contributed by atoms with Crippen LogP contribution in [-0.4, -0.2) is 34.6 Å². The van der Waals surface area contributed by atoms with Crippen LogP contribution in [0.3, 0.4) is 0 Å². The summed E-state index contributed by atoms with van der Waals surface area (Å²) in [5.41, 5.74) is 0.639. The van der Waals surface area contributed by atoms with Crippen LogP contribution < -0.4 is 15.8 Å². The highest BCUT2D eigenvalue weighted by Crippen LogP contribution is 2.22. The van der Waals surface area contributed by atoms with Crippen LogP contribution >= 0.6 is 0 Å². The third-order valence-corrected chi connectivity index (χ3v) is 4.61. The van der Waals surface area contributed by atoms with E-state index in [2.05, 4.69) is 27.1 Å². The summed E-state index contributed by atoms with van der Waals surface area (Å²) < 4.78 is 13.8. The zero-order valence-electron chi connectivity index (χ0n) is 16.5. The smallest absolute Gasteiger partial charge is 0.342 e. The predicted octanol–water partition coefficient (Wildman–Crippen LogP) is 3.08. The Labute approximate surface area is 163 Å². The maximum atomic E-state index is 13.8. The Morgan fingerprint density at radius 2 is 2.14 bits per heavy atom. The molecule has 2 aromatic rings. The van der Waals surface area contributed by atoms with E-state index in [0.717, 1.165) is 43.3 Å². The molecule has 0 saturated heterocycles. The molecule has 1 aromatic heterocycles. The van der Waals surface area contributed by atoms with Crippen molar-refractivity contribution >= 4 is 11.7 Å². The van der Waals surface area contributed by atoms with Gasteiger partial charge in [0.25, 0.3) is 5.56 Å². The maximum Gasteiger partial charge on any atom is 0.342 e. The Bertz CT molecular complexity index is 869. The zero-order valence-corrected chi connectivity index (χ0v) is 16.5. The lowest BCUT2D eigenvalue weighted by Crippen LogP contribution is -2.27. The summed E-state index contributed by atoms with van der Waals surface area (Å²) in [6.45, 7) is 5.20. The number of halogens is 1. The lowest BCUT2D eigenvalue weighted by atomic mass is 10.1. The van der Waals surface area contributed by atoms with Gasteiger partial charge < -0.3 is 20.3 Å². The highest BCUT2D eigenvalue weighted by atomic mass is 19.1. The van der Waals surface area contributed by atoms with Crippen molar-refractivity contribution in [2.24, 2.45) is 0 Å². The van der Waals surface area contributed by atoms with Gasteiger partial charge in [0.2, 0.25) is 0 Å². The van der Waals surface area contributed by atoms with E-state index in [1.165, 1.54) is 12.1 Å². The van der Waals surface area contributed by atoms with Crippen molar-refractivity contribution in [2.45, 2.75) is 45.7 Å². The highest BCUT2D eigenvalue weighted by Gasteiger charge is 2.15. The molecule has 0 spiro atoms. The number of nitrogens with one attached hydrogen (secondary N) is 2. The lowest BCUT2D eigenvalue weighted by molar-refractivity contribution is 0.0694. The van der Waals surface area contributed by atoms with Crippen LogP contribution in [0.5, 0.6) is 0 Å². The van der Waals surface area contributed by atoms with E-state index in [4.69, 9.17) is 5.11 Å². The molecule has 3 N–H and O–H groups in total. The Kier molecular flexibility index (Phi) is 7.69. The molecular weight excluding hydrogens is 363 g/mol. The van der Waals surface area contributed by atoms with Gasteiger partial charge in [-0.05, 0) is 37.1 Å². The predicted molar refractivity (Wildman–Crippen MR) is 106 cm³/mol. The Morgan fingerprint density at radius 1 is 1.39 bits per heavy atom. The topological polar surface area (TPSA) is 98.3 Å². The van der Waals surface area contributed by atoms with Crippen molar-refractivity contribution in [2.75, 3.05) is 18.5 Å². The van der Waals surface area contributed by atoms with Crippen LogP contribution in [0.2, 0.25) is 0 Å². The molecule has 0 bridgehead atoms. The number of carbonyl (C=O) groups is 1. The number of benzene rings is 1. The second-order valence-electron chi connectivity index (χ2n) is 6.82.